The van der Waals surface area contributed by atoms with E-state index in [1.165, 1.54) is 0 Å². The highest BCUT2D eigenvalue weighted by Crippen LogP contribution is 2.56. The molecule has 15 unspecified atom stereocenters. The second kappa shape index (κ2) is 42.0. The third-order valence-electron chi connectivity index (χ3n) is 28.4. The number of nitrogens with one attached hydrogen (secondary N) is 2. The summed E-state index contributed by atoms with van der Waals surface area (Å²) in [6, 6.07) is 8.20. The number of hydrogen-bond acceptors (Lipinski definition) is 48. The average molecular weight is 2070 g/mol. The Labute approximate surface area is 821 Å². The van der Waals surface area contributed by atoms with Crippen molar-refractivity contribution in [2.45, 2.75) is 242 Å². The summed E-state index contributed by atoms with van der Waals surface area (Å²) in [5, 5.41) is 260. The van der Waals surface area contributed by atoms with Gasteiger partial charge in [0.2, 0.25) is 32.6 Å². The highest BCUT2D eigenvalue weighted by atomic mass is 16.8. The maximum absolute atomic E-state index is 13.6. The number of rotatable bonds is 12. The fraction of sp³-hybridized carbons (Fsp3) is 0.485. The van der Waals surface area contributed by atoms with Crippen molar-refractivity contribution in [1.82, 2.24) is 9.97 Å². The number of allylic oxidation sites excluding steroid dienone is 6. The minimum absolute atomic E-state index is 0. The van der Waals surface area contributed by atoms with Gasteiger partial charge in [-0.1, -0.05) is 56.0 Å². The Morgan fingerprint density at radius 1 is 0.320 bits per heavy atom. The van der Waals surface area contributed by atoms with Crippen molar-refractivity contribution in [3.8, 4) is 23.0 Å². The molecule has 34 rings (SSSR count). The summed E-state index contributed by atoms with van der Waals surface area (Å²) < 4.78 is 77.6. The van der Waals surface area contributed by atoms with Gasteiger partial charge in [-0.25, -0.2) is 0 Å². The number of phenolic OH excluding ortho intramolecular Hbond substituents is 2. The first-order chi connectivity index (χ1) is 69.6. The van der Waals surface area contributed by atoms with E-state index in [4.69, 9.17) is 66.3 Å². The maximum Gasteiger partial charge on any atom is 0.260 e. The van der Waals surface area contributed by atoms with Crippen LogP contribution in [0.5, 0.6) is 23.0 Å². The standard InChI is InChI=1S/C36H60O30.2C30H21NO9.CH4/c37-1-7-25-13(43)19(49)31(55-7)62-26-8(2-38)57-33(21(51)15(26)45)64-28-10(4-40)59-35(23(53)17(28)47)66-30-12(6-42)60-36(24(54)18(30)48)65-29-11(5-41)58-34(22(52)16(29)46)63-27-9(3-39)56-32(61-25)20(50)14(27)44;2*1-3-4-5-6-14-10-13-9-12-7-8-30(22(12)26(36)17(13)29(39)31-14)27(37)20-21(28(30)38)25(35)19-18(24(20)34)15(32)11-16(40-2)23(19)33;/h7-54H,1-6H2;2*3-6,9-11,36-38H,7-8H2,1-2H3,(H,31,39);1H4/b;2*4-3+,6-5+;/t7-,8-,9-,10-,11-,12-,13-,14-,15-,16-,17-,18-,19?,20?,21?,22?,23?,24?,25-,26-,27-,28-,29-,30?,31?,32?,33?,34?,35?,36?;;;/m1.../s1. The SMILES string of the molecule is C.C/C=C/C=C/c1cc2cc3c(c(O)c2c(=O)[nH]1)C1(CC3)C(O)=c2c(=O)c3c(=O)cc(OC)c(=O)c=3c(=O)c2=C1O.C/C=C/C=C/c1cc2cc3c(c(O)c2c(=O)[nH]1)C1(CC3)C(O)=c2c(=O)c3c(=O)cc(OC)c(=O)c=3c(=O)c2=C1O.OC[C@H]1OC2O[C@H]3[C@H](O)C(O)C(O[C@H]4[C@H](O)C(O)C(O[C@H]5[C@H](O)C(O)C(O[C@H]6[C@H](O)C(O)C(O[C@H]7[C@H](O)C(O)C(OC1[C@H](O)C2O)O[C@@H]7CO)O[C@@H]6CO)O[C@@H]5CO)O[C@@H]4CO)O[C@@H]3CO. The van der Waals surface area contributed by atoms with Gasteiger partial charge in [0.1, 0.15) is 192 Å². The number of fused-ring (bicyclic) bond motifs is 8. The summed E-state index contributed by atoms with van der Waals surface area (Å²) in [7, 11) is 2.25. The van der Waals surface area contributed by atoms with Gasteiger partial charge >= 0.3 is 0 Å². The molecule has 24 heterocycles. The van der Waals surface area contributed by atoms with Crippen molar-refractivity contribution >= 4 is 56.7 Å². The highest BCUT2D eigenvalue weighted by Gasteiger charge is 2.61. The van der Waals surface area contributed by atoms with E-state index in [0.29, 0.717) is 33.3 Å². The zero-order valence-corrected chi connectivity index (χ0v) is 77.0. The zero-order valence-electron chi connectivity index (χ0n) is 77.0. The van der Waals surface area contributed by atoms with Crippen LogP contribution in [0.1, 0.15) is 67.8 Å². The molecule has 0 amide bonds. The first-order valence-corrected chi connectivity index (χ1v) is 45.8. The number of aryl methyl sites for hydroxylation is 2. The fourth-order valence-electron chi connectivity index (χ4n) is 21.2. The lowest BCUT2D eigenvalue weighted by Gasteiger charge is -2.50. The number of aliphatic hydroxyl groups is 22. The number of aromatic nitrogens is 2. The molecular formula is C97H106N2O48. The van der Waals surface area contributed by atoms with Gasteiger partial charge in [-0.3, -0.25) is 47.9 Å². The van der Waals surface area contributed by atoms with Crippen LogP contribution in [0.4, 0.5) is 0 Å². The molecule has 147 heavy (non-hydrogen) atoms. The van der Waals surface area contributed by atoms with E-state index in [1.54, 1.807) is 60.7 Å². The number of aromatic amines is 2. The van der Waals surface area contributed by atoms with Crippen LogP contribution in [0.25, 0.3) is 56.7 Å². The Hall–Kier alpha value is -11.7. The number of pyridine rings is 2. The minimum Gasteiger partial charge on any atom is -0.510 e. The molecule has 50 nitrogen and oxygen atoms in total. The van der Waals surface area contributed by atoms with Crippen LogP contribution >= 0.6 is 0 Å². The predicted octanol–water partition coefficient (Wildman–Crippen LogP) is -12.2. The number of benzene rings is 2. The third kappa shape index (κ3) is 17.5. The normalized spacial score (nSPS) is 34.7. The Bertz CT molecular complexity index is 7000. The first kappa shape index (κ1) is 108. The molecule has 2 aromatic carbocycles. The first-order valence-electron chi connectivity index (χ1n) is 45.8. The minimum atomic E-state index is -2.15. The number of methoxy groups -OCH3 is 2. The van der Waals surface area contributed by atoms with E-state index in [9.17, 15) is 171 Å². The van der Waals surface area contributed by atoms with E-state index >= 15 is 0 Å². The molecule has 2 spiro atoms. The molecule has 0 saturated carbocycles. The van der Waals surface area contributed by atoms with Crippen molar-refractivity contribution in [3.63, 3.8) is 0 Å². The van der Waals surface area contributed by atoms with Crippen molar-refractivity contribution in [2.75, 3.05) is 53.9 Å². The topological polar surface area (TPSA) is 817 Å². The summed E-state index contributed by atoms with van der Waals surface area (Å²) in [5.74, 6) is -4.89. The molecule has 792 valence electrons. The van der Waals surface area contributed by atoms with Crippen LogP contribution in [0, 0.1) is 20.9 Å². The number of aliphatic hydroxyl groups excluding tert-OH is 22. The van der Waals surface area contributed by atoms with E-state index in [-0.39, 0.29) is 55.0 Å². The molecular weight excluding hydrogens is 1960 g/mol. The van der Waals surface area contributed by atoms with Crippen LogP contribution in [0.2, 0.25) is 0 Å². The van der Waals surface area contributed by atoms with E-state index in [2.05, 4.69) is 9.97 Å². The highest BCUT2D eigenvalue weighted by molar-refractivity contribution is 5.96. The average Bonchev–Trinajstić information content (AvgIpc) is 1.52. The number of aromatic hydroxyl groups is 2. The monoisotopic (exact) mass is 2070 g/mol. The quantitative estimate of drug-likeness (QED) is 0.0505. The van der Waals surface area contributed by atoms with Gasteiger partial charge in [0.05, 0.1) is 106 Å². The van der Waals surface area contributed by atoms with Crippen LogP contribution in [-0.4, -0.2) is 371 Å². The number of H-pyrrole nitrogens is 2. The molecule has 0 radical (unpaired) electrons. The molecule has 2 aromatic heterocycles. The summed E-state index contributed by atoms with van der Waals surface area (Å²) >= 11 is 0. The smallest absolute Gasteiger partial charge is 0.260 e. The summed E-state index contributed by atoms with van der Waals surface area (Å²) in [5.41, 5.74) is -11.6. The Kier molecular flexibility index (Phi) is 30.9. The number of phenols is 2. The molecule has 50 heteroatoms. The van der Waals surface area contributed by atoms with Gasteiger partial charge in [0, 0.05) is 34.6 Å². The fourth-order valence-corrected chi connectivity index (χ4v) is 21.2. The van der Waals surface area contributed by atoms with Crippen LogP contribution < -0.4 is 84.9 Å². The van der Waals surface area contributed by atoms with Crippen molar-refractivity contribution in [3.05, 3.63) is 251 Å². The lowest BCUT2D eigenvalue weighted by Crippen LogP contribution is -2.69. The maximum atomic E-state index is 13.6. The lowest BCUT2D eigenvalue weighted by atomic mass is 9.78. The van der Waals surface area contributed by atoms with Crippen molar-refractivity contribution < 1.29 is 189 Å². The van der Waals surface area contributed by atoms with E-state index in [0.717, 1.165) is 26.4 Å². The van der Waals surface area contributed by atoms with Crippen LogP contribution in [0.15, 0.2) is 121 Å². The Balaban J connectivity index is 0.000000165. The predicted molar refractivity (Wildman–Crippen MR) is 497 cm³/mol. The molecule has 32 atom stereocenters. The Morgan fingerprint density at radius 2 is 0.558 bits per heavy atom. The lowest BCUT2D eigenvalue weighted by molar-refractivity contribution is -0.404. The van der Waals surface area contributed by atoms with Gasteiger partial charge in [0.15, 0.2) is 60.1 Å². The summed E-state index contributed by atoms with van der Waals surface area (Å²) in [6.45, 7) is -2.31. The van der Waals surface area contributed by atoms with E-state index in [1.807, 2.05) is 26.0 Å². The van der Waals surface area contributed by atoms with Gasteiger partial charge in [-0.05, 0) is 85.7 Å². The van der Waals surface area contributed by atoms with Gasteiger partial charge in [0.25, 0.3) is 11.1 Å². The van der Waals surface area contributed by atoms with Gasteiger partial charge < -0.3 is 199 Å². The molecule has 8 aliphatic carbocycles. The second-order valence-electron chi connectivity index (χ2n) is 36.5. The number of ether oxygens (including phenoxy) is 14. The molecule has 4 aromatic rings. The second-order valence-corrected chi connectivity index (χ2v) is 36.5. The Morgan fingerprint density at radius 3 is 0.782 bits per heavy atom. The van der Waals surface area contributed by atoms with Gasteiger partial charge in [-0.2, -0.15) is 0 Å². The zero-order chi connectivity index (χ0) is 105. The molecule has 30 aliphatic rings. The molecule has 22 aliphatic heterocycles. The van der Waals surface area contributed by atoms with Crippen LogP contribution in [-0.2, 0) is 80.5 Å². The molecule has 26 N–H and O–H groups in total. The van der Waals surface area contributed by atoms with Crippen LogP contribution in [0.3, 0.4) is 0 Å². The number of hydrogen-bond donors (Lipinski definition) is 26. The third-order valence-corrected chi connectivity index (χ3v) is 28.4. The molecule has 22 saturated heterocycles. The van der Waals surface area contributed by atoms with E-state index < -0.39 is 377 Å². The molecule has 22 fully saturated rings. The largest absolute Gasteiger partial charge is 0.510 e. The van der Waals surface area contributed by atoms with Gasteiger partial charge in [-0.15, -0.1) is 0 Å². The summed E-state index contributed by atoms with van der Waals surface area (Å²) in [6.07, 6.45) is -44.2. The van der Waals surface area contributed by atoms with Crippen molar-refractivity contribution in [2.24, 2.45) is 0 Å². The van der Waals surface area contributed by atoms with Crippen molar-refractivity contribution in [1.29, 1.82) is 0 Å². The molecule has 12 bridgehead atoms. The summed E-state index contributed by atoms with van der Waals surface area (Å²) in [4.78, 5) is 137.